The molecule has 10 nitrogen and oxygen atoms in total. The van der Waals surface area contributed by atoms with Gasteiger partial charge in [-0.15, -0.1) is 0 Å². The number of aryl methyl sites for hydroxylation is 2. The number of para-hydroxylation sites is 2. The van der Waals surface area contributed by atoms with Gasteiger partial charge in [0, 0.05) is 36.8 Å². The predicted molar refractivity (Wildman–Crippen MR) is 190 cm³/mol. The van der Waals surface area contributed by atoms with Gasteiger partial charge < -0.3 is 30.1 Å². The van der Waals surface area contributed by atoms with E-state index in [9.17, 15) is 24.3 Å². The lowest BCUT2D eigenvalue weighted by atomic mass is 9.61. The molecule has 10 heteroatoms. The number of amides is 3. The van der Waals surface area contributed by atoms with Crippen LogP contribution in [-0.4, -0.2) is 65.4 Å². The summed E-state index contributed by atoms with van der Waals surface area (Å²) in [5, 5.41) is 17.8. The van der Waals surface area contributed by atoms with Crippen molar-refractivity contribution in [1.82, 2.24) is 4.90 Å². The number of nitrogens with zero attached hydrogens (tertiary/aromatic N) is 1. The van der Waals surface area contributed by atoms with E-state index in [-0.39, 0.29) is 24.9 Å². The van der Waals surface area contributed by atoms with E-state index in [1.54, 1.807) is 48.2 Å². The molecular formula is C39H49N3O7. The van der Waals surface area contributed by atoms with Crippen LogP contribution in [0.1, 0.15) is 70.6 Å². The average molecular weight is 672 g/mol. The highest BCUT2D eigenvalue weighted by Crippen LogP contribution is 2.48. The van der Waals surface area contributed by atoms with Crippen LogP contribution in [0.5, 0.6) is 11.5 Å². The molecule has 3 N–H and O–H groups in total. The molecule has 0 aromatic heterocycles. The van der Waals surface area contributed by atoms with Gasteiger partial charge in [-0.05, 0) is 81.5 Å². The number of ether oxygens (including phenoxy) is 2. The van der Waals surface area contributed by atoms with Crippen LogP contribution in [-0.2, 0) is 32.0 Å². The Balaban J connectivity index is 1.82. The molecule has 4 rings (SSSR count). The van der Waals surface area contributed by atoms with Crippen LogP contribution in [0.3, 0.4) is 0 Å². The molecule has 3 amide bonds. The summed E-state index contributed by atoms with van der Waals surface area (Å²) in [4.78, 5) is 56.8. The number of nitrogens with one attached hydrogen (secondary N) is 2. The number of hydrogen-bond donors (Lipinski definition) is 3. The molecule has 1 saturated carbocycles. The molecule has 0 aliphatic heterocycles. The molecule has 0 spiro atoms. The Morgan fingerprint density at radius 2 is 1.39 bits per heavy atom. The van der Waals surface area contributed by atoms with E-state index in [1.807, 2.05) is 58.0 Å². The molecule has 49 heavy (non-hydrogen) atoms. The Hall–Kier alpha value is -4.70. The predicted octanol–water partition coefficient (Wildman–Crippen LogP) is 5.77. The maximum absolute atomic E-state index is 14.3. The van der Waals surface area contributed by atoms with Crippen molar-refractivity contribution in [2.75, 3.05) is 36.9 Å². The molecular weight excluding hydrogens is 622 g/mol. The second kappa shape index (κ2) is 16.6. The van der Waals surface area contributed by atoms with Gasteiger partial charge in [0.1, 0.15) is 11.7 Å². The van der Waals surface area contributed by atoms with Crippen molar-refractivity contribution in [3.63, 3.8) is 0 Å². The number of ketones is 1. The first-order valence-corrected chi connectivity index (χ1v) is 17.2. The summed E-state index contributed by atoms with van der Waals surface area (Å²) in [5.74, 6) is -4.76. The number of carbonyl (C=O) groups is 4. The fraction of sp³-hybridized carbons (Fsp3) is 0.436. The third-order valence-corrected chi connectivity index (χ3v) is 9.26. The number of anilines is 2. The quantitative estimate of drug-likeness (QED) is 0.185. The van der Waals surface area contributed by atoms with Gasteiger partial charge in [0.05, 0.1) is 18.1 Å². The standard InChI is InChI=1S/C39H49N3O7/c1-7-25-16-12-14-18-28(25)40-37(45)35-30(43)23-39(6,47)36(38(46)41-29-19-15-13-17-26(29)8-2)34(35)27-20-21-31(32(22-27)48-11-5)49-24-33(44)42(9-3)10-4/h12-22,34-36,47H,7-11,23-24H2,1-6H3,(H,40,45)(H,41,46). The van der Waals surface area contributed by atoms with Crippen molar-refractivity contribution in [2.24, 2.45) is 11.8 Å². The average Bonchev–Trinajstić information content (AvgIpc) is 3.07. The zero-order chi connectivity index (χ0) is 35.7. The smallest absolute Gasteiger partial charge is 0.260 e. The van der Waals surface area contributed by atoms with Crippen LogP contribution in [0.4, 0.5) is 11.4 Å². The van der Waals surface area contributed by atoms with Crippen LogP contribution in [0.15, 0.2) is 66.7 Å². The van der Waals surface area contributed by atoms with Crippen molar-refractivity contribution in [3.05, 3.63) is 83.4 Å². The normalized spacial score (nSPS) is 20.3. The molecule has 0 saturated heterocycles. The minimum atomic E-state index is -1.79. The van der Waals surface area contributed by atoms with Gasteiger partial charge in [-0.3, -0.25) is 19.2 Å². The first-order valence-electron chi connectivity index (χ1n) is 17.2. The van der Waals surface area contributed by atoms with Gasteiger partial charge in [0.2, 0.25) is 11.8 Å². The summed E-state index contributed by atoms with van der Waals surface area (Å²) in [6.45, 7) is 12.2. The van der Waals surface area contributed by atoms with E-state index < -0.39 is 47.4 Å². The van der Waals surface area contributed by atoms with Gasteiger partial charge in [0.15, 0.2) is 18.1 Å². The van der Waals surface area contributed by atoms with E-state index in [1.165, 1.54) is 6.92 Å². The number of Topliss-reactive ketones (excluding diaryl/α,β-unsaturated/α-hetero) is 1. The summed E-state index contributed by atoms with van der Waals surface area (Å²) in [6, 6.07) is 19.7. The van der Waals surface area contributed by atoms with Crippen molar-refractivity contribution < 1.29 is 33.8 Å². The van der Waals surface area contributed by atoms with Crippen molar-refractivity contribution in [2.45, 2.75) is 72.3 Å². The molecule has 3 aromatic rings. The first kappa shape index (κ1) is 37.1. The third-order valence-electron chi connectivity index (χ3n) is 9.26. The maximum Gasteiger partial charge on any atom is 0.260 e. The van der Waals surface area contributed by atoms with Crippen LogP contribution in [0, 0.1) is 11.8 Å². The molecule has 1 aliphatic carbocycles. The van der Waals surface area contributed by atoms with Crippen molar-refractivity contribution in [3.8, 4) is 11.5 Å². The molecule has 262 valence electrons. The van der Waals surface area contributed by atoms with E-state index in [0.29, 0.717) is 48.6 Å². The van der Waals surface area contributed by atoms with E-state index in [4.69, 9.17) is 9.47 Å². The zero-order valence-electron chi connectivity index (χ0n) is 29.4. The monoisotopic (exact) mass is 671 g/mol. The van der Waals surface area contributed by atoms with Gasteiger partial charge in [0.25, 0.3) is 5.91 Å². The van der Waals surface area contributed by atoms with Crippen molar-refractivity contribution in [1.29, 1.82) is 0 Å². The number of hydrogen-bond acceptors (Lipinski definition) is 7. The lowest BCUT2D eigenvalue weighted by Crippen LogP contribution is -2.56. The minimum absolute atomic E-state index is 0.182. The molecule has 0 radical (unpaired) electrons. The summed E-state index contributed by atoms with van der Waals surface area (Å²) in [5.41, 5.74) is 1.62. The third kappa shape index (κ3) is 8.48. The number of likely N-dealkylation sites (N-methyl/N-ethyl adjacent to an activating group) is 1. The molecule has 1 fully saturated rings. The fourth-order valence-corrected chi connectivity index (χ4v) is 6.74. The van der Waals surface area contributed by atoms with Crippen molar-refractivity contribution >= 4 is 34.9 Å². The lowest BCUT2D eigenvalue weighted by molar-refractivity contribution is -0.151. The Morgan fingerprint density at radius 1 is 0.816 bits per heavy atom. The summed E-state index contributed by atoms with van der Waals surface area (Å²) >= 11 is 0. The molecule has 4 unspecified atom stereocenters. The first-order chi connectivity index (χ1) is 23.5. The number of benzene rings is 3. The van der Waals surface area contributed by atoms with Gasteiger partial charge in [-0.25, -0.2) is 0 Å². The van der Waals surface area contributed by atoms with Gasteiger partial charge in [-0.2, -0.15) is 0 Å². The van der Waals surface area contributed by atoms with Crippen LogP contribution < -0.4 is 20.1 Å². The second-order valence-corrected chi connectivity index (χ2v) is 12.5. The second-order valence-electron chi connectivity index (χ2n) is 12.5. The summed E-state index contributed by atoms with van der Waals surface area (Å²) in [7, 11) is 0. The Kier molecular flexibility index (Phi) is 12.6. The largest absolute Gasteiger partial charge is 0.490 e. The summed E-state index contributed by atoms with van der Waals surface area (Å²) < 4.78 is 11.8. The number of carbonyl (C=O) groups excluding carboxylic acids is 4. The minimum Gasteiger partial charge on any atom is -0.490 e. The Labute approximate surface area is 289 Å². The van der Waals surface area contributed by atoms with E-state index >= 15 is 0 Å². The molecule has 0 bridgehead atoms. The number of aliphatic hydroxyl groups is 1. The van der Waals surface area contributed by atoms with E-state index in [2.05, 4.69) is 10.6 Å². The van der Waals surface area contributed by atoms with Crippen LogP contribution >= 0.6 is 0 Å². The Morgan fingerprint density at radius 3 is 1.94 bits per heavy atom. The van der Waals surface area contributed by atoms with Gasteiger partial charge in [-0.1, -0.05) is 56.3 Å². The zero-order valence-corrected chi connectivity index (χ0v) is 29.4. The highest BCUT2D eigenvalue weighted by atomic mass is 16.5. The van der Waals surface area contributed by atoms with E-state index in [0.717, 1.165) is 11.1 Å². The SMILES string of the molecule is CCOc1cc(C2C(C(=O)Nc3ccccc3CC)C(=O)CC(C)(O)C2C(=O)Nc2ccccc2CC)ccc1OCC(=O)N(CC)CC. The summed E-state index contributed by atoms with van der Waals surface area (Å²) in [6.07, 6.45) is 0.930. The molecule has 4 atom stereocenters. The fourth-order valence-electron chi connectivity index (χ4n) is 6.74. The van der Waals surface area contributed by atoms with Gasteiger partial charge >= 0.3 is 0 Å². The molecule has 1 aliphatic rings. The van der Waals surface area contributed by atoms with Crippen LogP contribution in [0.25, 0.3) is 0 Å². The Bertz CT molecular complexity index is 1650. The molecule has 0 heterocycles. The highest BCUT2D eigenvalue weighted by molar-refractivity contribution is 6.10. The number of rotatable bonds is 14. The topological polar surface area (TPSA) is 134 Å². The highest BCUT2D eigenvalue weighted by Gasteiger charge is 2.56. The molecule has 3 aromatic carbocycles. The van der Waals surface area contributed by atoms with Crippen LogP contribution in [0.2, 0.25) is 0 Å². The maximum atomic E-state index is 14.3. The lowest BCUT2D eigenvalue weighted by Gasteiger charge is -2.44.